The van der Waals surface area contributed by atoms with E-state index in [1.54, 1.807) is 12.0 Å². The van der Waals surface area contributed by atoms with Crippen LogP contribution in [-0.4, -0.2) is 53.6 Å². The molecule has 0 bridgehead atoms. The highest BCUT2D eigenvalue weighted by Gasteiger charge is 2.31. The van der Waals surface area contributed by atoms with Crippen molar-refractivity contribution in [1.82, 2.24) is 8.94 Å². The van der Waals surface area contributed by atoms with E-state index in [4.69, 9.17) is 27.5 Å². The summed E-state index contributed by atoms with van der Waals surface area (Å²) in [6.45, 7) is 9.44. The highest BCUT2D eigenvalue weighted by molar-refractivity contribution is 7.02. The van der Waals surface area contributed by atoms with Crippen LogP contribution in [0.25, 0.3) is 0 Å². The first-order chi connectivity index (χ1) is 21.1. The molecule has 0 saturated carbocycles. The lowest BCUT2D eigenvalue weighted by atomic mass is 9.92. The molecule has 0 fully saturated rings. The molecule has 0 saturated heterocycles. The van der Waals surface area contributed by atoms with E-state index in [0.717, 1.165) is 48.4 Å². The van der Waals surface area contributed by atoms with Crippen molar-refractivity contribution in [2.75, 3.05) is 42.7 Å². The van der Waals surface area contributed by atoms with Gasteiger partial charge in [-0.15, -0.1) is 18.0 Å². The van der Waals surface area contributed by atoms with Crippen molar-refractivity contribution >= 4 is 52.0 Å². The van der Waals surface area contributed by atoms with Crippen molar-refractivity contribution in [2.45, 2.75) is 53.5 Å². The number of anilines is 2. The minimum atomic E-state index is -0.515. The number of alkyl halides is 1. The number of benzene rings is 2. The van der Waals surface area contributed by atoms with E-state index >= 15 is 0 Å². The highest BCUT2D eigenvalue weighted by Crippen LogP contribution is 2.37. The standard InChI is InChI=1S/C18H17FN4O2S.C14H20ClNO2/c1-4-5-22-13-7-12(11(19)6-14(13)25-9-16(22)24)20-17-23-10-18(2,3)8-15(23)21-26-17;1-4-11-7-6-8-12(5-2)14(11)16(10-18-3)13(17)9-15/h1,6-7H,5,8-10H2,2-3H3;6-8H,4-5,9-10H2,1-3H3. The molecule has 1 aromatic heterocycles. The molecule has 3 heterocycles. The average molecular weight is 642 g/mol. The molecule has 0 N–H and O–H groups in total. The summed E-state index contributed by atoms with van der Waals surface area (Å²) in [4.78, 5) is 32.1. The van der Waals surface area contributed by atoms with Gasteiger partial charge in [0.25, 0.3) is 5.91 Å². The predicted molar refractivity (Wildman–Crippen MR) is 171 cm³/mol. The molecule has 0 unspecified atom stereocenters. The number of aryl methyl sites for hydroxylation is 2. The molecule has 0 atom stereocenters. The number of carbonyl (C=O) groups is 2. The number of terminal acetylenes is 1. The van der Waals surface area contributed by atoms with Crippen LogP contribution in [0.15, 0.2) is 35.3 Å². The number of hydrogen-bond donors (Lipinski definition) is 0. The predicted octanol–water partition coefficient (Wildman–Crippen LogP) is 5.24. The van der Waals surface area contributed by atoms with Gasteiger partial charge in [-0.3, -0.25) is 19.4 Å². The molecule has 2 aromatic carbocycles. The Morgan fingerprint density at radius 2 is 2.00 bits per heavy atom. The fourth-order valence-electron chi connectivity index (χ4n) is 5.27. The van der Waals surface area contributed by atoms with Gasteiger partial charge in [-0.1, -0.05) is 51.8 Å². The molecular weight excluding hydrogens is 605 g/mol. The summed E-state index contributed by atoms with van der Waals surface area (Å²) in [5.41, 5.74) is 3.92. The molecule has 0 radical (unpaired) electrons. The van der Waals surface area contributed by atoms with Crippen molar-refractivity contribution in [2.24, 2.45) is 10.4 Å². The summed E-state index contributed by atoms with van der Waals surface area (Å²) in [6.07, 6.45) is 7.96. The monoisotopic (exact) mass is 641 g/mol. The zero-order valence-corrected chi connectivity index (χ0v) is 27.2. The number of rotatable bonds is 8. The summed E-state index contributed by atoms with van der Waals surface area (Å²) in [7, 11) is 1.58. The number of hydrogen-bond acceptors (Lipinski definition) is 7. The van der Waals surface area contributed by atoms with Crippen LogP contribution in [0.2, 0.25) is 0 Å². The Labute approximate surface area is 266 Å². The van der Waals surface area contributed by atoms with Crippen LogP contribution in [0.3, 0.4) is 0 Å². The molecule has 3 aromatic rings. The van der Waals surface area contributed by atoms with Crippen LogP contribution in [-0.2, 0) is 40.1 Å². The summed E-state index contributed by atoms with van der Waals surface area (Å²) >= 11 is 6.92. The molecule has 9 nitrogen and oxygen atoms in total. The number of para-hydroxylation sites is 1. The van der Waals surface area contributed by atoms with Crippen molar-refractivity contribution in [1.29, 1.82) is 0 Å². The molecule has 0 aliphatic carbocycles. The Kier molecular flexibility index (Phi) is 10.8. The Morgan fingerprint density at radius 1 is 1.30 bits per heavy atom. The SMILES string of the molecule is C#CCN1C(=O)COc2cc(F)c(N=c3snc4n3CC(C)(C)C4)cc21.CCc1cccc(CC)c1N(COC)C(=O)CCl. The fourth-order valence-corrected chi connectivity index (χ4v) is 6.17. The smallest absolute Gasteiger partial charge is 0.265 e. The van der Waals surface area contributed by atoms with E-state index in [1.165, 1.54) is 28.6 Å². The van der Waals surface area contributed by atoms with Gasteiger partial charge in [-0.25, -0.2) is 9.38 Å². The van der Waals surface area contributed by atoms with Gasteiger partial charge in [0.2, 0.25) is 10.7 Å². The van der Waals surface area contributed by atoms with Crippen LogP contribution in [0, 0.1) is 23.6 Å². The molecule has 2 aliphatic heterocycles. The van der Waals surface area contributed by atoms with Gasteiger partial charge >= 0.3 is 0 Å². The second-order valence-corrected chi connectivity index (χ2v) is 12.2. The van der Waals surface area contributed by atoms with Gasteiger partial charge in [0, 0.05) is 37.7 Å². The van der Waals surface area contributed by atoms with Gasteiger partial charge in [-0.05, 0) is 35.4 Å². The van der Waals surface area contributed by atoms with Crippen LogP contribution < -0.4 is 19.3 Å². The lowest BCUT2D eigenvalue weighted by molar-refractivity contribution is -0.121. The third kappa shape index (κ3) is 7.15. The Morgan fingerprint density at radius 3 is 2.61 bits per heavy atom. The third-order valence-corrected chi connectivity index (χ3v) is 8.35. The minimum Gasteiger partial charge on any atom is -0.481 e. The molecule has 44 heavy (non-hydrogen) atoms. The number of ether oxygens (including phenoxy) is 2. The number of methoxy groups -OCH3 is 1. The first-order valence-corrected chi connectivity index (χ1v) is 15.6. The maximum Gasteiger partial charge on any atom is 0.265 e. The second kappa shape index (κ2) is 14.4. The van der Waals surface area contributed by atoms with E-state index in [0.29, 0.717) is 16.2 Å². The molecule has 2 amide bonds. The molecular formula is C32H37ClFN5O4S. The van der Waals surface area contributed by atoms with Crippen molar-refractivity contribution in [3.63, 3.8) is 0 Å². The van der Waals surface area contributed by atoms with Gasteiger partial charge in [0.15, 0.2) is 12.4 Å². The first-order valence-electron chi connectivity index (χ1n) is 14.3. The molecule has 0 spiro atoms. The Bertz CT molecular complexity index is 1620. The van der Waals surface area contributed by atoms with Crippen molar-refractivity contribution < 1.29 is 23.5 Å². The van der Waals surface area contributed by atoms with E-state index in [2.05, 4.69) is 43.0 Å². The summed E-state index contributed by atoms with van der Waals surface area (Å²) in [6, 6.07) is 8.86. The lowest BCUT2D eigenvalue weighted by Gasteiger charge is -2.28. The van der Waals surface area contributed by atoms with Crippen LogP contribution in [0.5, 0.6) is 5.75 Å². The van der Waals surface area contributed by atoms with Gasteiger partial charge in [0.05, 0.1) is 17.9 Å². The lowest BCUT2D eigenvalue weighted by Crippen LogP contribution is -2.39. The highest BCUT2D eigenvalue weighted by atomic mass is 35.5. The number of aromatic nitrogens is 2. The number of halogens is 2. The quantitative estimate of drug-likeness (QED) is 0.191. The topological polar surface area (TPSA) is 89.3 Å². The van der Waals surface area contributed by atoms with E-state index < -0.39 is 5.82 Å². The Hall–Kier alpha value is -3.72. The van der Waals surface area contributed by atoms with Gasteiger partial charge in [-0.2, -0.15) is 4.37 Å². The van der Waals surface area contributed by atoms with E-state index in [9.17, 15) is 14.0 Å². The zero-order chi connectivity index (χ0) is 32.0. The zero-order valence-electron chi connectivity index (χ0n) is 25.7. The average Bonchev–Trinajstić information content (AvgIpc) is 3.52. The molecule has 234 valence electrons. The van der Waals surface area contributed by atoms with Crippen LogP contribution >= 0.6 is 23.1 Å². The third-order valence-electron chi connectivity index (χ3n) is 7.34. The van der Waals surface area contributed by atoms with Crippen LogP contribution in [0.1, 0.15) is 44.6 Å². The minimum absolute atomic E-state index is 0.0371. The Balaban J connectivity index is 0.000000217. The first kappa shape index (κ1) is 33.2. The summed E-state index contributed by atoms with van der Waals surface area (Å²) < 4.78 is 31.4. The van der Waals surface area contributed by atoms with Gasteiger partial charge in [0.1, 0.15) is 29.9 Å². The second-order valence-electron chi connectivity index (χ2n) is 11.2. The van der Waals surface area contributed by atoms with Crippen molar-refractivity contribution in [3.05, 3.63) is 57.9 Å². The summed E-state index contributed by atoms with van der Waals surface area (Å²) in [5.74, 6) is 2.75. The van der Waals surface area contributed by atoms with E-state index in [1.807, 2.05) is 22.8 Å². The number of fused-ring (bicyclic) bond motifs is 2. The van der Waals surface area contributed by atoms with E-state index in [-0.39, 0.29) is 48.7 Å². The van der Waals surface area contributed by atoms with Crippen molar-refractivity contribution in [3.8, 4) is 18.1 Å². The fraction of sp³-hybridized carbons (Fsp3) is 0.438. The number of amides is 2. The van der Waals surface area contributed by atoms with Crippen LogP contribution in [0.4, 0.5) is 21.5 Å². The molecule has 12 heteroatoms. The number of carbonyl (C=O) groups excluding carboxylic acids is 2. The maximum atomic E-state index is 14.5. The maximum absolute atomic E-state index is 14.5. The molecule has 2 aliphatic rings. The normalized spacial score (nSPS) is 15.1. The number of nitrogens with zero attached hydrogens (tertiary/aromatic N) is 5. The summed E-state index contributed by atoms with van der Waals surface area (Å²) in [5, 5.41) is 0. The largest absolute Gasteiger partial charge is 0.481 e. The van der Waals surface area contributed by atoms with Gasteiger partial charge < -0.3 is 14.0 Å². The molecule has 5 rings (SSSR count).